The molecule has 2 heterocycles. The summed E-state index contributed by atoms with van der Waals surface area (Å²) >= 11 is 7.62. The third kappa shape index (κ3) is 6.07. The topological polar surface area (TPSA) is 79.1 Å². The summed E-state index contributed by atoms with van der Waals surface area (Å²) in [6, 6.07) is 31.1. The van der Waals surface area contributed by atoms with Crippen LogP contribution in [-0.2, 0) is 16.1 Å². The Morgan fingerprint density at radius 2 is 1.67 bits per heavy atom. The highest BCUT2D eigenvalue weighted by atomic mass is 35.5. The van der Waals surface area contributed by atoms with Crippen LogP contribution in [0.2, 0.25) is 5.02 Å². The molecule has 0 saturated heterocycles. The molecule has 0 radical (unpaired) electrons. The van der Waals surface area contributed by atoms with Gasteiger partial charge in [-0.05, 0) is 30.7 Å². The molecule has 0 bridgehead atoms. The van der Waals surface area contributed by atoms with Crippen molar-refractivity contribution < 1.29 is 19.0 Å². The maximum absolute atomic E-state index is 14.3. The van der Waals surface area contributed by atoms with Crippen molar-refractivity contribution in [1.29, 1.82) is 0 Å². The van der Waals surface area contributed by atoms with E-state index < -0.39 is 12.0 Å². The second-order valence-corrected chi connectivity index (χ2v) is 11.5. The molecule has 0 N–H and O–H groups in total. The number of nitrogens with zero attached hydrogens (tertiary/aromatic N) is 2. The van der Waals surface area contributed by atoms with Gasteiger partial charge in [-0.3, -0.25) is 9.36 Å². The predicted octanol–water partition coefficient (Wildman–Crippen LogP) is 6.18. The number of thiazole rings is 1. The smallest absolute Gasteiger partial charge is 0.338 e. The van der Waals surface area contributed by atoms with Gasteiger partial charge in [0.05, 0.1) is 35.6 Å². The summed E-state index contributed by atoms with van der Waals surface area (Å²) in [5, 5.41) is 0.592. The van der Waals surface area contributed by atoms with E-state index in [0.29, 0.717) is 42.7 Å². The zero-order valence-electron chi connectivity index (χ0n) is 24.6. The first-order chi connectivity index (χ1) is 22.0. The number of hydrogen-bond acceptors (Lipinski definition) is 7. The Hall–Kier alpha value is -4.92. The molecule has 6 rings (SSSR count). The zero-order chi connectivity index (χ0) is 31.3. The number of esters is 1. The molecule has 0 aliphatic carbocycles. The van der Waals surface area contributed by atoms with Gasteiger partial charge in [0.2, 0.25) is 0 Å². The molecule has 0 unspecified atom stereocenters. The minimum Gasteiger partial charge on any atom is -0.493 e. The Bertz CT molecular complexity index is 2070. The van der Waals surface area contributed by atoms with Gasteiger partial charge >= 0.3 is 5.97 Å². The van der Waals surface area contributed by atoms with E-state index in [-0.39, 0.29) is 18.8 Å². The van der Waals surface area contributed by atoms with Gasteiger partial charge in [-0.15, -0.1) is 0 Å². The molecule has 0 saturated carbocycles. The molecular formula is C36H29ClN2O5S. The number of aromatic nitrogens is 1. The lowest BCUT2D eigenvalue weighted by Crippen LogP contribution is -2.40. The SMILES string of the molecule is CCOC(=O)C1=C(c2ccccc2)N=c2s/c(=C\c3cccc(OC)c3OCc3ccccc3Cl)c(=O)n2[C@@H]1c1ccccc1. The van der Waals surface area contributed by atoms with Crippen molar-refractivity contribution in [2.45, 2.75) is 19.6 Å². The Kier molecular flexibility index (Phi) is 8.96. The molecule has 1 atom stereocenters. The number of methoxy groups -OCH3 is 1. The summed E-state index contributed by atoms with van der Waals surface area (Å²) in [5.41, 5.74) is 3.47. The second kappa shape index (κ2) is 13.4. The third-order valence-electron chi connectivity index (χ3n) is 7.33. The fraction of sp³-hybridized carbons (Fsp3) is 0.139. The molecule has 9 heteroatoms. The van der Waals surface area contributed by atoms with Crippen LogP contribution in [0.25, 0.3) is 11.8 Å². The summed E-state index contributed by atoms with van der Waals surface area (Å²) in [4.78, 5) is 33.3. The van der Waals surface area contributed by atoms with Crippen molar-refractivity contribution in [3.8, 4) is 11.5 Å². The monoisotopic (exact) mass is 636 g/mol. The Morgan fingerprint density at radius 1 is 0.956 bits per heavy atom. The zero-order valence-corrected chi connectivity index (χ0v) is 26.2. The Morgan fingerprint density at radius 3 is 2.38 bits per heavy atom. The van der Waals surface area contributed by atoms with Gasteiger partial charge in [0, 0.05) is 21.7 Å². The number of carbonyl (C=O) groups excluding carboxylic acids is 1. The van der Waals surface area contributed by atoms with Crippen LogP contribution >= 0.6 is 22.9 Å². The first kappa shape index (κ1) is 30.1. The molecule has 0 spiro atoms. The van der Waals surface area contributed by atoms with E-state index >= 15 is 0 Å². The molecule has 1 aliphatic rings. The molecule has 0 amide bonds. The Balaban J connectivity index is 1.55. The average molecular weight is 637 g/mol. The predicted molar refractivity (Wildman–Crippen MR) is 176 cm³/mol. The fourth-order valence-electron chi connectivity index (χ4n) is 5.26. The van der Waals surface area contributed by atoms with E-state index in [1.807, 2.05) is 97.1 Å². The first-order valence-electron chi connectivity index (χ1n) is 14.4. The van der Waals surface area contributed by atoms with E-state index in [1.165, 1.54) is 11.3 Å². The summed E-state index contributed by atoms with van der Waals surface area (Å²) in [5.74, 6) is 0.468. The van der Waals surface area contributed by atoms with Crippen molar-refractivity contribution in [2.24, 2.45) is 4.99 Å². The lowest BCUT2D eigenvalue weighted by atomic mass is 9.93. The molecular weight excluding hydrogens is 608 g/mol. The van der Waals surface area contributed by atoms with E-state index in [0.717, 1.165) is 16.7 Å². The number of rotatable bonds is 9. The molecule has 5 aromatic rings. The van der Waals surface area contributed by atoms with Gasteiger partial charge in [-0.1, -0.05) is 114 Å². The largest absolute Gasteiger partial charge is 0.493 e. The van der Waals surface area contributed by atoms with Crippen LogP contribution in [0.1, 0.15) is 35.2 Å². The number of hydrogen-bond donors (Lipinski definition) is 0. The van der Waals surface area contributed by atoms with Crippen LogP contribution < -0.4 is 24.4 Å². The highest BCUT2D eigenvalue weighted by molar-refractivity contribution is 7.07. The molecule has 226 valence electrons. The molecule has 4 aromatic carbocycles. The van der Waals surface area contributed by atoms with Crippen LogP contribution in [0.3, 0.4) is 0 Å². The van der Waals surface area contributed by atoms with E-state index in [4.69, 9.17) is 30.8 Å². The number of para-hydroxylation sites is 1. The number of fused-ring (bicyclic) bond motifs is 1. The van der Waals surface area contributed by atoms with Gasteiger partial charge < -0.3 is 14.2 Å². The van der Waals surface area contributed by atoms with Gasteiger partial charge in [-0.2, -0.15) is 0 Å². The van der Waals surface area contributed by atoms with Crippen molar-refractivity contribution in [3.63, 3.8) is 0 Å². The normalized spacial score (nSPS) is 14.5. The summed E-state index contributed by atoms with van der Waals surface area (Å²) in [6.07, 6.45) is 1.77. The molecule has 1 aromatic heterocycles. The molecule has 1 aliphatic heterocycles. The van der Waals surface area contributed by atoms with Crippen LogP contribution in [0, 0.1) is 0 Å². The van der Waals surface area contributed by atoms with Crippen LogP contribution in [-0.4, -0.2) is 24.3 Å². The number of halogens is 1. The van der Waals surface area contributed by atoms with Crippen LogP contribution in [0.4, 0.5) is 0 Å². The highest BCUT2D eigenvalue weighted by Crippen LogP contribution is 2.36. The third-order valence-corrected chi connectivity index (χ3v) is 8.69. The molecule has 7 nitrogen and oxygen atoms in total. The lowest BCUT2D eigenvalue weighted by molar-refractivity contribution is -0.138. The van der Waals surface area contributed by atoms with Gasteiger partial charge in [0.1, 0.15) is 6.61 Å². The first-order valence-corrected chi connectivity index (χ1v) is 15.6. The maximum Gasteiger partial charge on any atom is 0.338 e. The number of carbonyl (C=O) groups is 1. The second-order valence-electron chi connectivity index (χ2n) is 10.1. The van der Waals surface area contributed by atoms with Gasteiger partial charge in [-0.25, -0.2) is 9.79 Å². The van der Waals surface area contributed by atoms with Crippen LogP contribution in [0.5, 0.6) is 11.5 Å². The fourth-order valence-corrected chi connectivity index (χ4v) is 6.44. The average Bonchev–Trinajstić information content (AvgIpc) is 3.38. The summed E-state index contributed by atoms with van der Waals surface area (Å²) in [7, 11) is 1.57. The standard InChI is InChI=1S/C36H29ClN2O5S/c1-3-43-35(41)30-31(23-13-6-4-7-14-23)38-36-39(32(30)24-15-8-5-9-16-24)34(40)29(45-36)21-25-18-12-20-28(42-2)33(25)44-22-26-17-10-11-19-27(26)37/h4-21,32H,3,22H2,1-2H3/b29-21-/t32-/m1/s1. The Labute approximate surface area is 268 Å². The molecule has 0 fully saturated rings. The van der Waals surface area contributed by atoms with E-state index in [1.54, 1.807) is 30.7 Å². The van der Waals surface area contributed by atoms with Gasteiger partial charge in [0.15, 0.2) is 16.3 Å². The van der Waals surface area contributed by atoms with Crippen molar-refractivity contribution >= 4 is 40.7 Å². The summed E-state index contributed by atoms with van der Waals surface area (Å²) < 4.78 is 19.4. The summed E-state index contributed by atoms with van der Waals surface area (Å²) in [6.45, 7) is 2.15. The maximum atomic E-state index is 14.3. The van der Waals surface area contributed by atoms with Crippen molar-refractivity contribution in [2.75, 3.05) is 13.7 Å². The molecule has 45 heavy (non-hydrogen) atoms. The van der Waals surface area contributed by atoms with E-state index in [9.17, 15) is 9.59 Å². The highest BCUT2D eigenvalue weighted by Gasteiger charge is 2.35. The minimum atomic E-state index is -0.750. The number of benzene rings is 4. The van der Waals surface area contributed by atoms with Crippen LogP contribution in [0.15, 0.2) is 118 Å². The minimum absolute atomic E-state index is 0.184. The number of ether oxygens (including phenoxy) is 3. The lowest BCUT2D eigenvalue weighted by Gasteiger charge is -2.25. The van der Waals surface area contributed by atoms with Gasteiger partial charge in [0.25, 0.3) is 5.56 Å². The quantitative estimate of drug-likeness (QED) is 0.181. The van der Waals surface area contributed by atoms with Crippen molar-refractivity contribution in [1.82, 2.24) is 4.57 Å². The van der Waals surface area contributed by atoms with Crippen molar-refractivity contribution in [3.05, 3.63) is 156 Å². The van der Waals surface area contributed by atoms with E-state index in [2.05, 4.69) is 0 Å².